The van der Waals surface area contributed by atoms with E-state index in [1.54, 1.807) is 17.8 Å². The summed E-state index contributed by atoms with van der Waals surface area (Å²) in [5, 5.41) is 6.84. The number of piperidine rings is 1. The number of furan rings is 1. The Kier molecular flexibility index (Phi) is 3.70. The van der Waals surface area contributed by atoms with Gasteiger partial charge in [-0.2, -0.15) is 5.10 Å². The van der Waals surface area contributed by atoms with Crippen LogP contribution in [0.2, 0.25) is 0 Å². The van der Waals surface area contributed by atoms with E-state index < -0.39 is 0 Å². The average molecular weight is 328 g/mol. The van der Waals surface area contributed by atoms with Crippen molar-refractivity contribution < 1.29 is 9.21 Å². The largest absolute Gasteiger partial charge is 0.462 e. The molecule has 0 N–H and O–H groups in total. The minimum absolute atomic E-state index is 0.0177. The Labute approximate surface area is 137 Å². The summed E-state index contributed by atoms with van der Waals surface area (Å²) in [7, 11) is 0. The van der Waals surface area contributed by atoms with Gasteiger partial charge in [-0.1, -0.05) is 0 Å². The van der Waals surface area contributed by atoms with Crippen LogP contribution in [0.5, 0.6) is 0 Å². The predicted molar refractivity (Wildman–Crippen MR) is 86.2 cm³/mol. The van der Waals surface area contributed by atoms with E-state index in [-0.39, 0.29) is 11.9 Å². The van der Waals surface area contributed by atoms with Gasteiger partial charge in [-0.25, -0.2) is 4.98 Å². The van der Waals surface area contributed by atoms with Crippen molar-refractivity contribution in [2.45, 2.75) is 18.9 Å². The number of carbonyl (C=O) groups excluding carboxylic acids is 1. The highest BCUT2D eigenvalue weighted by atomic mass is 32.1. The van der Waals surface area contributed by atoms with Crippen molar-refractivity contribution in [1.29, 1.82) is 0 Å². The highest BCUT2D eigenvalue weighted by Gasteiger charge is 2.27. The number of aromatic nitrogens is 3. The van der Waals surface area contributed by atoms with Gasteiger partial charge in [-0.3, -0.25) is 9.48 Å². The van der Waals surface area contributed by atoms with Gasteiger partial charge in [0.25, 0.3) is 5.91 Å². The second-order valence-corrected chi connectivity index (χ2v) is 6.41. The molecule has 0 spiro atoms. The fourth-order valence-electron chi connectivity index (χ4n) is 2.90. The van der Waals surface area contributed by atoms with Crippen molar-refractivity contribution in [3.8, 4) is 10.8 Å². The van der Waals surface area contributed by atoms with Gasteiger partial charge in [-0.05, 0) is 31.0 Å². The first-order chi connectivity index (χ1) is 11.3. The number of nitrogens with zero attached hydrogens (tertiary/aromatic N) is 4. The van der Waals surface area contributed by atoms with Crippen molar-refractivity contribution in [3.05, 3.63) is 47.9 Å². The zero-order chi connectivity index (χ0) is 15.6. The van der Waals surface area contributed by atoms with E-state index in [1.165, 1.54) is 11.3 Å². The Bertz CT molecular complexity index is 779. The Morgan fingerprint density at radius 2 is 2.35 bits per heavy atom. The minimum Gasteiger partial charge on any atom is -0.462 e. The second-order valence-electron chi connectivity index (χ2n) is 5.55. The van der Waals surface area contributed by atoms with Crippen LogP contribution in [0, 0.1) is 0 Å². The molecule has 1 fully saturated rings. The van der Waals surface area contributed by atoms with E-state index in [0.29, 0.717) is 18.0 Å². The van der Waals surface area contributed by atoms with E-state index >= 15 is 0 Å². The van der Waals surface area contributed by atoms with Crippen molar-refractivity contribution in [3.63, 3.8) is 0 Å². The normalized spacial score (nSPS) is 18.3. The molecule has 1 unspecified atom stereocenters. The third kappa shape index (κ3) is 2.79. The molecule has 7 heteroatoms. The van der Waals surface area contributed by atoms with Gasteiger partial charge in [0, 0.05) is 30.9 Å². The van der Waals surface area contributed by atoms with Gasteiger partial charge in [0.15, 0.2) is 10.8 Å². The lowest BCUT2D eigenvalue weighted by Gasteiger charge is -2.32. The van der Waals surface area contributed by atoms with Crippen molar-refractivity contribution in [2.75, 3.05) is 13.1 Å². The third-order valence-corrected chi connectivity index (χ3v) is 4.89. The lowest BCUT2D eigenvalue weighted by molar-refractivity contribution is 0.0668. The highest BCUT2D eigenvalue weighted by Crippen LogP contribution is 2.26. The molecule has 118 valence electrons. The number of hydrogen-bond donors (Lipinski definition) is 0. The molecule has 0 aromatic carbocycles. The van der Waals surface area contributed by atoms with Crippen LogP contribution in [0.4, 0.5) is 0 Å². The van der Waals surface area contributed by atoms with Crippen LogP contribution in [0.25, 0.3) is 10.8 Å². The van der Waals surface area contributed by atoms with Crippen molar-refractivity contribution in [1.82, 2.24) is 19.7 Å². The molecule has 1 aliphatic rings. The monoisotopic (exact) mass is 328 g/mol. The van der Waals surface area contributed by atoms with Crippen molar-refractivity contribution >= 4 is 17.2 Å². The Balaban J connectivity index is 1.50. The number of hydrogen-bond acceptors (Lipinski definition) is 5. The molecule has 0 saturated carbocycles. The van der Waals surface area contributed by atoms with Crippen LogP contribution in [-0.4, -0.2) is 38.7 Å². The molecule has 3 aromatic heterocycles. The van der Waals surface area contributed by atoms with Gasteiger partial charge in [-0.15, -0.1) is 11.3 Å². The fraction of sp³-hybridized carbons (Fsp3) is 0.312. The molecule has 3 aromatic rings. The lowest BCUT2D eigenvalue weighted by Crippen LogP contribution is -2.41. The first-order valence-electron chi connectivity index (χ1n) is 7.59. The van der Waals surface area contributed by atoms with Crippen molar-refractivity contribution in [2.24, 2.45) is 0 Å². The van der Waals surface area contributed by atoms with Crippen LogP contribution < -0.4 is 0 Å². The Morgan fingerprint density at radius 3 is 3.13 bits per heavy atom. The van der Waals surface area contributed by atoms with Crippen LogP contribution in [0.1, 0.15) is 29.4 Å². The zero-order valence-electron chi connectivity index (χ0n) is 12.5. The SMILES string of the molecule is O=C(c1csc(-c2ccco2)n1)N1CCCC(n2cccn2)C1. The van der Waals surface area contributed by atoms with Crippen LogP contribution in [-0.2, 0) is 0 Å². The third-order valence-electron chi connectivity index (χ3n) is 4.04. The maximum Gasteiger partial charge on any atom is 0.273 e. The summed E-state index contributed by atoms with van der Waals surface area (Å²) in [4.78, 5) is 19.0. The molecule has 1 saturated heterocycles. The molecular weight excluding hydrogens is 312 g/mol. The maximum absolute atomic E-state index is 12.7. The standard InChI is InChI=1S/C16H16N4O2S/c21-16(13-11-23-15(18-13)14-5-2-9-22-14)19-7-1-4-12(10-19)20-8-3-6-17-20/h2-3,5-6,8-9,11-12H,1,4,7,10H2. The number of amides is 1. The van der Waals surface area contributed by atoms with Gasteiger partial charge in [0.2, 0.25) is 0 Å². The molecule has 0 aliphatic carbocycles. The molecule has 1 atom stereocenters. The van der Waals surface area contributed by atoms with E-state index in [0.717, 1.165) is 24.4 Å². The summed E-state index contributed by atoms with van der Waals surface area (Å²) in [6.07, 6.45) is 7.36. The molecule has 4 heterocycles. The van der Waals surface area contributed by atoms with E-state index in [4.69, 9.17) is 4.42 Å². The highest BCUT2D eigenvalue weighted by molar-refractivity contribution is 7.13. The first kappa shape index (κ1) is 14.2. The molecule has 4 rings (SSSR count). The summed E-state index contributed by atoms with van der Waals surface area (Å²) < 4.78 is 7.27. The predicted octanol–water partition coefficient (Wildman–Crippen LogP) is 3.08. The van der Waals surface area contributed by atoms with E-state index in [9.17, 15) is 4.79 Å². The average Bonchev–Trinajstić information content (AvgIpc) is 3.36. The molecule has 1 aliphatic heterocycles. The maximum atomic E-state index is 12.7. The molecule has 23 heavy (non-hydrogen) atoms. The van der Waals surface area contributed by atoms with Gasteiger partial charge >= 0.3 is 0 Å². The topological polar surface area (TPSA) is 64.2 Å². The molecule has 6 nitrogen and oxygen atoms in total. The Hall–Kier alpha value is -2.41. The van der Waals surface area contributed by atoms with Gasteiger partial charge < -0.3 is 9.32 Å². The summed E-state index contributed by atoms with van der Waals surface area (Å²) in [5.41, 5.74) is 0.488. The first-order valence-corrected chi connectivity index (χ1v) is 8.47. The van der Waals surface area contributed by atoms with Crippen LogP contribution in [0.3, 0.4) is 0 Å². The van der Waals surface area contributed by atoms with Gasteiger partial charge in [0.1, 0.15) is 5.69 Å². The molecule has 1 amide bonds. The lowest BCUT2D eigenvalue weighted by atomic mass is 10.1. The smallest absolute Gasteiger partial charge is 0.273 e. The minimum atomic E-state index is -0.0177. The fourth-order valence-corrected chi connectivity index (χ4v) is 3.66. The molecule has 0 bridgehead atoms. The number of carbonyl (C=O) groups is 1. The Morgan fingerprint density at radius 1 is 1.39 bits per heavy atom. The summed E-state index contributed by atoms with van der Waals surface area (Å²) in [6, 6.07) is 5.82. The van der Waals surface area contributed by atoms with E-state index in [1.807, 2.05) is 34.0 Å². The number of likely N-dealkylation sites (tertiary alicyclic amines) is 1. The summed E-state index contributed by atoms with van der Waals surface area (Å²) in [5.74, 6) is 0.679. The van der Waals surface area contributed by atoms with E-state index in [2.05, 4.69) is 10.1 Å². The summed E-state index contributed by atoms with van der Waals surface area (Å²) >= 11 is 1.43. The number of rotatable bonds is 3. The number of thiazole rings is 1. The molecular formula is C16H16N4O2S. The second kappa shape index (κ2) is 6.00. The zero-order valence-corrected chi connectivity index (χ0v) is 13.3. The van der Waals surface area contributed by atoms with Crippen LogP contribution in [0.15, 0.2) is 46.7 Å². The molecule has 0 radical (unpaired) electrons. The van der Waals surface area contributed by atoms with Gasteiger partial charge in [0.05, 0.1) is 12.3 Å². The quantitative estimate of drug-likeness (QED) is 0.741. The van der Waals surface area contributed by atoms with Crippen LogP contribution >= 0.6 is 11.3 Å². The summed E-state index contributed by atoms with van der Waals surface area (Å²) in [6.45, 7) is 1.44.